The van der Waals surface area contributed by atoms with E-state index in [-0.39, 0.29) is 17.3 Å². The van der Waals surface area contributed by atoms with Gasteiger partial charge in [-0.3, -0.25) is 4.79 Å². The van der Waals surface area contributed by atoms with Crippen molar-refractivity contribution in [1.29, 1.82) is 0 Å². The van der Waals surface area contributed by atoms with Crippen molar-refractivity contribution in [2.45, 2.75) is 24.7 Å². The predicted molar refractivity (Wildman–Crippen MR) is 99.1 cm³/mol. The van der Waals surface area contributed by atoms with Crippen molar-refractivity contribution in [3.8, 4) is 5.75 Å². The summed E-state index contributed by atoms with van der Waals surface area (Å²) in [6.45, 7) is 1.36. The van der Waals surface area contributed by atoms with Crippen LogP contribution in [0.1, 0.15) is 18.9 Å². The zero-order valence-electron chi connectivity index (χ0n) is 14.7. The molecule has 7 heteroatoms. The Morgan fingerprint density at radius 1 is 1.08 bits per heavy atom. The lowest BCUT2D eigenvalue weighted by atomic mass is 10.1. The van der Waals surface area contributed by atoms with Gasteiger partial charge in [0.2, 0.25) is 0 Å². The fourth-order valence-electron chi connectivity index (χ4n) is 2.22. The van der Waals surface area contributed by atoms with Gasteiger partial charge in [-0.15, -0.1) is 0 Å². The van der Waals surface area contributed by atoms with E-state index in [1.54, 1.807) is 31.2 Å². The lowest BCUT2D eigenvalue weighted by Gasteiger charge is -2.09. The quantitative estimate of drug-likeness (QED) is 0.766. The summed E-state index contributed by atoms with van der Waals surface area (Å²) in [5.74, 6) is 0.287. The number of Topliss-reactive ketones (excluding diaryl/α,β-unsaturated/α-hetero) is 1. The number of benzene rings is 2. The lowest BCUT2D eigenvalue weighted by molar-refractivity contribution is -0.118. The number of ketones is 1. The number of sulfone groups is 1. The van der Waals surface area contributed by atoms with E-state index in [4.69, 9.17) is 4.74 Å². The number of hydrogen-bond acceptors (Lipinski definition) is 5. The first kappa shape index (κ1) is 19.7. The molecule has 0 aliphatic carbocycles. The number of ether oxygens (including phenoxy) is 1. The molecule has 0 radical (unpaired) electrons. The van der Waals surface area contributed by atoms with Crippen LogP contribution in [0.15, 0.2) is 53.4 Å². The fourth-order valence-corrected chi connectivity index (χ4v) is 2.89. The third-order valence-corrected chi connectivity index (χ3v) is 4.72. The SMILES string of the molecule is CC(=O)CCc1ccc(OCC(=O)Nc2cccc(S(C)(=O)=O)c2)cc1. The molecule has 0 fully saturated rings. The minimum absolute atomic E-state index is 0.136. The fraction of sp³-hybridized carbons (Fsp3) is 0.263. The van der Waals surface area contributed by atoms with E-state index >= 15 is 0 Å². The van der Waals surface area contributed by atoms with Crippen molar-refractivity contribution in [3.63, 3.8) is 0 Å². The van der Waals surface area contributed by atoms with Gasteiger partial charge in [0, 0.05) is 18.4 Å². The second-order valence-electron chi connectivity index (χ2n) is 5.98. The van der Waals surface area contributed by atoms with Crippen molar-refractivity contribution >= 4 is 27.2 Å². The first-order chi connectivity index (χ1) is 12.2. The summed E-state index contributed by atoms with van der Waals surface area (Å²) < 4.78 is 28.5. The molecule has 2 rings (SSSR count). The van der Waals surface area contributed by atoms with Gasteiger partial charge in [0.1, 0.15) is 11.5 Å². The maximum absolute atomic E-state index is 12.0. The molecule has 0 saturated heterocycles. The highest BCUT2D eigenvalue weighted by Crippen LogP contribution is 2.16. The van der Waals surface area contributed by atoms with Crippen LogP contribution in [0, 0.1) is 0 Å². The zero-order valence-corrected chi connectivity index (χ0v) is 15.5. The van der Waals surface area contributed by atoms with E-state index in [0.29, 0.717) is 24.3 Å². The molecule has 1 N–H and O–H groups in total. The normalized spacial score (nSPS) is 11.0. The van der Waals surface area contributed by atoms with Crippen molar-refractivity contribution in [1.82, 2.24) is 0 Å². The molecule has 0 aliphatic rings. The first-order valence-corrected chi connectivity index (χ1v) is 9.94. The molecule has 0 aliphatic heterocycles. The summed E-state index contributed by atoms with van der Waals surface area (Å²) in [5, 5.41) is 2.60. The van der Waals surface area contributed by atoms with Crippen molar-refractivity contribution in [3.05, 3.63) is 54.1 Å². The van der Waals surface area contributed by atoms with E-state index in [0.717, 1.165) is 11.8 Å². The largest absolute Gasteiger partial charge is 0.484 e. The number of carbonyl (C=O) groups excluding carboxylic acids is 2. The van der Waals surface area contributed by atoms with Crippen LogP contribution in [0.5, 0.6) is 5.75 Å². The van der Waals surface area contributed by atoms with Gasteiger partial charge in [0.15, 0.2) is 16.4 Å². The Morgan fingerprint density at radius 2 is 1.77 bits per heavy atom. The number of carbonyl (C=O) groups is 2. The standard InChI is InChI=1S/C19H21NO5S/c1-14(21)6-7-15-8-10-17(11-9-15)25-13-19(22)20-16-4-3-5-18(12-16)26(2,23)24/h3-5,8-12H,6-7,13H2,1-2H3,(H,20,22). The van der Waals surface area contributed by atoms with Crippen LogP contribution in [0.2, 0.25) is 0 Å². The van der Waals surface area contributed by atoms with E-state index in [2.05, 4.69) is 5.32 Å². The van der Waals surface area contributed by atoms with E-state index < -0.39 is 15.7 Å². The monoisotopic (exact) mass is 375 g/mol. The Labute approximate surface area is 153 Å². The summed E-state index contributed by atoms with van der Waals surface area (Å²) in [5.41, 5.74) is 1.41. The Hall–Kier alpha value is -2.67. The molecule has 138 valence electrons. The molecule has 0 atom stereocenters. The highest BCUT2D eigenvalue weighted by molar-refractivity contribution is 7.90. The summed E-state index contributed by atoms with van der Waals surface area (Å²) in [4.78, 5) is 23.1. The molecule has 6 nitrogen and oxygen atoms in total. The second-order valence-corrected chi connectivity index (χ2v) is 8.00. The van der Waals surface area contributed by atoms with Crippen LogP contribution in [0.3, 0.4) is 0 Å². The van der Waals surface area contributed by atoms with Crippen LogP contribution in [-0.4, -0.2) is 33.0 Å². The number of hydrogen-bond donors (Lipinski definition) is 1. The van der Waals surface area contributed by atoms with Gasteiger partial charge >= 0.3 is 0 Å². The number of amides is 1. The Morgan fingerprint density at radius 3 is 2.38 bits per heavy atom. The average molecular weight is 375 g/mol. The number of aryl methyl sites for hydroxylation is 1. The number of rotatable bonds is 8. The lowest BCUT2D eigenvalue weighted by Crippen LogP contribution is -2.20. The van der Waals surface area contributed by atoms with Crippen LogP contribution in [0.25, 0.3) is 0 Å². The molecule has 1 amide bonds. The van der Waals surface area contributed by atoms with Crippen LogP contribution < -0.4 is 10.1 Å². The molecule has 26 heavy (non-hydrogen) atoms. The molecular formula is C19H21NO5S. The summed E-state index contributed by atoms with van der Waals surface area (Å²) in [6, 6.07) is 13.2. The minimum Gasteiger partial charge on any atom is -0.484 e. The number of nitrogens with one attached hydrogen (secondary N) is 1. The zero-order chi connectivity index (χ0) is 19.2. The van der Waals surface area contributed by atoms with E-state index in [1.165, 1.54) is 12.1 Å². The van der Waals surface area contributed by atoms with Gasteiger partial charge < -0.3 is 14.8 Å². The maximum atomic E-state index is 12.0. The van der Waals surface area contributed by atoms with Crippen LogP contribution in [0.4, 0.5) is 5.69 Å². The van der Waals surface area contributed by atoms with Gasteiger partial charge in [-0.05, 0) is 49.2 Å². The summed E-state index contributed by atoms with van der Waals surface area (Å²) in [6.07, 6.45) is 2.28. The van der Waals surface area contributed by atoms with Crippen molar-refractivity contribution < 1.29 is 22.7 Å². The predicted octanol–water partition coefficient (Wildman–Crippen LogP) is 2.63. The molecule has 0 unspecified atom stereocenters. The maximum Gasteiger partial charge on any atom is 0.262 e. The van der Waals surface area contributed by atoms with E-state index in [1.807, 2.05) is 12.1 Å². The highest BCUT2D eigenvalue weighted by Gasteiger charge is 2.09. The van der Waals surface area contributed by atoms with Gasteiger partial charge in [-0.25, -0.2) is 8.42 Å². The van der Waals surface area contributed by atoms with Crippen molar-refractivity contribution in [2.75, 3.05) is 18.2 Å². The smallest absolute Gasteiger partial charge is 0.262 e. The highest BCUT2D eigenvalue weighted by atomic mass is 32.2. The van der Waals surface area contributed by atoms with Gasteiger partial charge in [0.25, 0.3) is 5.91 Å². The molecule has 0 aromatic heterocycles. The number of anilines is 1. The minimum atomic E-state index is -3.33. The molecule has 0 heterocycles. The van der Waals surface area contributed by atoms with Crippen molar-refractivity contribution in [2.24, 2.45) is 0 Å². The van der Waals surface area contributed by atoms with Gasteiger partial charge in [-0.1, -0.05) is 18.2 Å². The second kappa shape index (κ2) is 8.62. The van der Waals surface area contributed by atoms with Gasteiger partial charge in [0.05, 0.1) is 4.90 Å². The summed E-state index contributed by atoms with van der Waals surface area (Å²) in [7, 11) is -3.33. The molecule has 0 spiro atoms. The average Bonchev–Trinajstić information content (AvgIpc) is 2.58. The third-order valence-electron chi connectivity index (χ3n) is 3.60. The molecule has 0 bridgehead atoms. The molecule has 2 aromatic carbocycles. The Bertz CT molecular complexity index is 888. The third kappa shape index (κ3) is 6.33. The van der Waals surface area contributed by atoms with E-state index in [9.17, 15) is 18.0 Å². The van der Waals surface area contributed by atoms with Gasteiger partial charge in [-0.2, -0.15) is 0 Å². The first-order valence-electron chi connectivity index (χ1n) is 8.05. The molecule has 2 aromatic rings. The van der Waals surface area contributed by atoms with Crippen LogP contribution in [-0.2, 0) is 25.8 Å². The molecule has 0 saturated carbocycles. The topological polar surface area (TPSA) is 89.5 Å². The summed E-state index contributed by atoms with van der Waals surface area (Å²) >= 11 is 0. The molecular weight excluding hydrogens is 354 g/mol. The Balaban J connectivity index is 1.88. The van der Waals surface area contributed by atoms with Crippen LogP contribution >= 0.6 is 0 Å². The Kier molecular flexibility index (Phi) is 6.52.